The van der Waals surface area contributed by atoms with Gasteiger partial charge in [0.05, 0.1) is 18.4 Å². The van der Waals surface area contributed by atoms with Crippen molar-refractivity contribution in [1.82, 2.24) is 4.90 Å². The molecule has 8 nitrogen and oxygen atoms in total. The summed E-state index contributed by atoms with van der Waals surface area (Å²) in [5.41, 5.74) is -1.39. The van der Waals surface area contributed by atoms with Crippen molar-refractivity contribution in [2.75, 3.05) is 32.1 Å². The van der Waals surface area contributed by atoms with Crippen LogP contribution < -0.4 is 5.32 Å². The summed E-state index contributed by atoms with van der Waals surface area (Å²) in [5.74, 6) is -1.17. The highest BCUT2D eigenvalue weighted by molar-refractivity contribution is 9.10. The SMILES string of the molecule is C=C1CC[C@@H]2[C@](C)(CO)[C@H](O)CC[C@@]2(C)[C@@H]1CC1CN(C)[C@@]2(C(=O)Nc3c(Br)cccc32)[C@]12C(=O)OC[C@H]2O. The normalized spacial score (nSPS) is 45.5. The minimum absolute atomic E-state index is 0.00732. The summed E-state index contributed by atoms with van der Waals surface area (Å²) in [6, 6.07) is 5.57. The van der Waals surface area contributed by atoms with Gasteiger partial charge in [-0.15, -0.1) is 0 Å². The van der Waals surface area contributed by atoms with Gasteiger partial charge >= 0.3 is 5.97 Å². The lowest BCUT2D eigenvalue weighted by Crippen LogP contribution is -2.62. The van der Waals surface area contributed by atoms with Gasteiger partial charge in [-0.2, -0.15) is 0 Å². The third-order valence-corrected chi connectivity index (χ3v) is 12.4. The second kappa shape index (κ2) is 8.86. The van der Waals surface area contributed by atoms with E-state index in [9.17, 15) is 24.9 Å². The number of aliphatic hydroxyl groups excluding tert-OH is 3. The third kappa shape index (κ3) is 3.14. The van der Waals surface area contributed by atoms with Gasteiger partial charge in [-0.1, -0.05) is 38.1 Å². The molecule has 3 aliphatic heterocycles. The monoisotopic (exact) mass is 602 g/mol. The number of carbonyl (C=O) groups excluding carboxylic acids is 2. The van der Waals surface area contributed by atoms with Crippen molar-refractivity contribution in [2.45, 2.75) is 63.7 Å². The Morgan fingerprint density at radius 2 is 1.95 bits per heavy atom. The molecule has 2 saturated heterocycles. The van der Waals surface area contributed by atoms with Crippen molar-refractivity contribution < 1.29 is 29.6 Å². The smallest absolute Gasteiger partial charge is 0.318 e. The number of anilines is 1. The first-order chi connectivity index (χ1) is 18.4. The molecule has 1 aromatic carbocycles. The molecule has 1 unspecified atom stereocenters. The lowest BCUT2D eigenvalue weighted by molar-refractivity contribution is -0.165. The molecule has 0 radical (unpaired) electrons. The average molecular weight is 604 g/mol. The number of carbonyl (C=O) groups is 2. The Hall–Kier alpha value is -1.78. The van der Waals surface area contributed by atoms with Crippen molar-refractivity contribution in [3.8, 4) is 0 Å². The second-order valence-electron chi connectivity index (χ2n) is 13.1. The zero-order valence-corrected chi connectivity index (χ0v) is 24.5. The topological polar surface area (TPSA) is 119 Å². The van der Waals surface area contributed by atoms with Crippen LogP contribution in [0.15, 0.2) is 34.8 Å². The Balaban J connectivity index is 1.48. The highest BCUT2D eigenvalue weighted by Gasteiger charge is 2.79. The van der Waals surface area contributed by atoms with E-state index in [1.54, 1.807) is 0 Å². The van der Waals surface area contributed by atoms with Crippen LogP contribution in [0.3, 0.4) is 0 Å². The third-order valence-electron chi connectivity index (χ3n) is 11.7. The van der Waals surface area contributed by atoms with Crippen LogP contribution >= 0.6 is 15.9 Å². The molecule has 5 aliphatic rings. The van der Waals surface area contributed by atoms with Crippen LogP contribution in [0.4, 0.5) is 5.69 Å². The van der Waals surface area contributed by atoms with Crippen LogP contribution in [0.1, 0.15) is 51.5 Å². The molecule has 4 N–H and O–H groups in total. The fraction of sp³-hybridized carbons (Fsp3) is 0.667. The van der Waals surface area contributed by atoms with Crippen molar-refractivity contribution in [3.05, 3.63) is 40.4 Å². The Labute approximate surface area is 237 Å². The van der Waals surface area contributed by atoms with E-state index < -0.39 is 34.5 Å². The number of hydrogen-bond donors (Lipinski definition) is 4. The maximum Gasteiger partial charge on any atom is 0.318 e. The van der Waals surface area contributed by atoms with Crippen molar-refractivity contribution in [2.24, 2.45) is 34.0 Å². The number of benzene rings is 1. The molecule has 0 aromatic heterocycles. The Bertz CT molecular complexity index is 1260. The number of fused-ring (bicyclic) bond motifs is 4. The molecule has 39 heavy (non-hydrogen) atoms. The number of amides is 1. The number of esters is 1. The number of para-hydroxylation sites is 1. The molecule has 1 amide bonds. The summed E-state index contributed by atoms with van der Waals surface area (Å²) in [7, 11) is 1.86. The average Bonchev–Trinajstić information content (AvgIpc) is 3.47. The fourth-order valence-corrected chi connectivity index (χ4v) is 10.3. The number of hydrogen-bond acceptors (Lipinski definition) is 7. The van der Waals surface area contributed by atoms with E-state index in [-0.39, 0.29) is 42.3 Å². The van der Waals surface area contributed by atoms with Gasteiger partial charge in [-0.05, 0) is 84.3 Å². The molecule has 9 atom stereocenters. The van der Waals surface area contributed by atoms with Gasteiger partial charge in [0, 0.05) is 22.0 Å². The van der Waals surface area contributed by atoms with E-state index in [1.165, 1.54) is 0 Å². The van der Waals surface area contributed by atoms with Gasteiger partial charge in [0.15, 0.2) is 0 Å². The van der Waals surface area contributed by atoms with Gasteiger partial charge in [-0.25, -0.2) is 0 Å². The molecular weight excluding hydrogens is 564 g/mol. The fourth-order valence-electron chi connectivity index (χ4n) is 9.84. The van der Waals surface area contributed by atoms with Crippen LogP contribution in [-0.4, -0.2) is 71.1 Å². The second-order valence-corrected chi connectivity index (χ2v) is 14.0. The van der Waals surface area contributed by atoms with E-state index in [2.05, 4.69) is 34.7 Å². The van der Waals surface area contributed by atoms with Crippen LogP contribution in [0, 0.1) is 34.0 Å². The number of allylic oxidation sites excluding steroid dienone is 1. The highest BCUT2D eigenvalue weighted by atomic mass is 79.9. The molecule has 3 heterocycles. The molecule has 2 saturated carbocycles. The van der Waals surface area contributed by atoms with Crippen molar-refractivity contribution in [1.29, 1.82) is 0 Å². The van der Waals surface area contributed by atoms with E-state index in [0.29, 0.717) is 30.6 Å². The summed E-state index contributed by atoms with van der Waals surface area (Å²) < 4.78 is 6.30. The minimum atomic E-state index is -1.49. The first-order valence-corrected chi connectivity index (χ1v) is 14.8. The maximum absolute atomic E-state index is 14.1. The molecule has 212 valence electrons. The largest absolute Gasteiger partial charge is 0.462 e. The van der Waals surface area contributed by atoms with Gasteiger partial charge in [0.25, 0.3) is 5.91 Å². The van der Waals surface area contributed by atoms with Crippen LogP contribution in [-0.2, 0) is 19.9 Å². The molecule has 6 rings (SSSR count). The number of likely N-dealkylation sites (N-methyl/N-ethyl adjacent to an activating group) is 1. The van der Waals surface area contributed by atoms with E-state index >= 15 is 0 Å². The minimum Gasteiger partial charge on any atom is -0.462 e. The summed E-state index contributed by atoms with van der Waals surface area (Å²) in [6.45, 7) is 8.90. The zero-order chi connectivity index (χ0) is 28.1. The van der Waals surface area contributed by atoms with Crippen molar-refractivity contribution in [3.63, 3.8) is 0 Å². The van der Waals surface area contributed by atoms with E-state index in [1.807, 2.05) is 37.1 Å². The number of ether oxygens (including phenoxy) is 1. The molecule has 1 aromatic rings. The first-order valence-electron chi connectivity index (χ1n) is 14.0. The Kier molecular flexibility index (Phi) is 6.22. The lowest BCUT2D eigenvalue weighted by Gasteiger charge is -2.60. The van der Waals surface area contributed by atoms with E-state index in [4.69, 9.17) is 4.74 Å². The quantitative estimate of drug-likeness (QED) is 0.310. The molecule has 4 fully saturated rings. The van der Waals surface area contributed by atoms with E-state index in [0.717, 1.165) is 29.3 Å². The zero-order valence-electron chi connectivity index (χ0n) is 22.9. The highest BCUT2D eigenvalue weighted by Crippen LogP contribution is 2.67. The standard InChI is InChI=1S/C30H39BrN2O6/c1-16-8-9-21-27(2,11-10-22(35)28(21,3)15-34)19(16)12-17-13-33(4)30(29(17)23(36)14-39-26(29)38)18-6-5-7-20(31)24(18)32-25(30)37/h5-7,17,19,21-23,34-36H,1,8-15H2,2-4H3,(H,32,37)/t17?,19-,21+,22-,23-,27+,28+,29-,30+/m1/s1. The van der Waals surface area contributed by atoms with Crippen molar-refractivity contribution >= 4 is 33.5 Å². The Morgan fingerprint density at radius 3 is 2.62 bits per heavy atom. The van der Waals surface area contributed by atoms with Gasteiger partial charge < -0.3 is 25.4 Å². The van der Waals surface area contributed by atoms with Gasteiger partial charge in [0.2, 0.25) is 0 Å². The van der Waals surface area contributed by atoms with Crippen LogP contribution in [0.5, 0.6) is 0 Å². The predicted octanol–water partition coefficient (Wildman–Crippen LogP) is 3.19. The molecule has 2 aliphatic carbocycles. The Morgan fingerprint density at radius 1 is 1.21 bits per heavy atom. The van der Waals surface area contributed by atoms with Crippen LogP contribution in [0.2, 0.25) is 0 Å². The summed E-state index contributed by atoms with van der Waals surface area (Å²) >= 11 is 3.56. The number of likely N-dealkylation sites (tertiary alicyclic amines) is 1. The van der Waals surface area contributed by atoms with Crippen LogP contribution in [0.25, 0.3) is 0 Å². The molecule has 9 heteroatoms. The number of halogens is 1. The number of nitrogens with one attached hydrogen (secondary N) is 1. The van der Waals surface area contributed by atoms with Gasteiger partial charge in [0.1, 0.15) is 23.7 Å². The molecule has 0 bridgehead atoms. The maximum atomic E-state index is 14.1. The number of rotatable bonds is 3. The predicted molar refractivity (Wildman–Crippen MR) is 148 cm³/mol. The molecular formula is C30H39BrN2O6. The summed E-state index contributed by atoms with van der Waals surface area (Å²) in [6.07, 6.45) is 1.80. The lowest BCUT2D eigenvalue weighted by atomic mass is 9.45. The molecule has 2 spiro atoms. The number of cyclic esters (lactones) is 1. The summed E-state index contributed by atoms with van der Waals surface area (Å²) in [4.78, 5) is 30.0. The summed E-state index contributed by atoms with van der Waals surface area (Å²) in [5, 5.41) is 36.1. The van der Waals surface area contributed by atoms with Gasteiger partial charge in [-0.3, -0.25) is 14.5 Å². The number of nitrogens with zero attached hydrogens (tertiary/aromatic N) is 1. The first kappa shape index (κ1) is 27.4. The number of aliphatic hydroxyl groups is 3.